The molecule has 6 heteroatoms. The number of nitrogens with two attached hydrogens (primary N) is 1. The first-order valence-electron chi connectivity index (χ1n) is 4.70. The second kappa shape index (κ2) is 5.89. The van der Waals surface area contributed by atoms with Crippen LogP contribution in [0.1, 0.15) is 0 Å². The molecule has 0 aromatic heterocycles. The van der Waals surface area contributed by atoms with Gasteiger partial charge in [-0.25, -0.2) is 4.39 Å². The number of nitrogens with one attached hydrogen (secondary N) is 1. The molecule has 0 saturated carbocycles. The van der Waals surface area contributed by atoms with E-state index in [1.807, 2.05) is 0 Å². The van der Waals surface area contributed by atoms with Gasteiger partial charge in [0.2, 0.25) is 0 Å². The Morgan fingerprint density at radius 1 is 1.62 bits per heavy atom. The molecular formula is C10H14ClFN2O2. The summed E-state index contributed by atoms with van der Waals surface area (Å²) in [5.41, 5.74) is 6.31. The highest BCUT2D eigenvalue weighted by Gasteiger charge is 2.08. The molecule has 1 aromatic rings. The quantitative estimate of drug-likeness (QED) is 0.691. The van der Waals surface area contributed by atoms with Crippen LogP contribution in [-0.4, -0.2) is 31.5 Å². The Kier molecular flexibility index (Phi) is 4.79. The van der Waals surface area contributed by atoms with Crippen molar-refractivity contribution >= 4 is 23.0 Å². The lowest BCUT2D eigenvalue weighted by molar-refractivity contribution is 0.0728. The van der Waals surface area contributed by atoms with E-state index in [9.17, 15) is 9.50 Å². The van der Waals surface area contributed by atoms with Gasteiger partial charge >= 0.3 is 0 Å². The number of benzene rings is 1. The van der Waals surface area contributed by atoms with Crippen LogP contribution >= 0.6 is 11.6 Å². The highest BCUT2D eigenvalue weighted by atomic mass is 35.5. The Balaban J connectivity index is 2.63. The first kappa shape index (κ1) is 13.0. The maximum atomic E-state index is 13.0. The van der Waals surface area contributed by atoms with Crippen LogP contribution in [0, 0.1) is 5.82 Å². The minimum absolute atomic E-state index is 0.0158. The lowest BCUT2D eigenvalue weighted by atomic mass is 10.2. The molecule has 4 nitrogen and oxygen atoms in total. The summed E-state index contributed by atoms with van der Waals surface area (Å²) in [5, 5.41) is 12.2. The minimum Gasteiger partial charge on any atom is -0.397 e. The van der Waals surface area contributed by atoms with E-state index in [0.29, 0.717) is 5.69 Å². The zero-order valence-corrected chi connectivity index (χ0v) is 9.59. The number of aliphatic hydroxyl groups excluding tert-OH is 1. The van der Waals surface area contributed by atoms with Gasteiger partial charge in [0.05, 0.1) is 29.1 Å². The van der Waals surface area contributed by atoms with Gasteiger partial charge in [-0.05, 0) is 6.07 Å². The molecule has 4 N–H and O–H groups in total. The summed E-state index contributed by atoms with van der Waals surface area (Å²) in [4.78, 5) is 0. The van der Waals surface area contributed by atoms with Crippen molar-refractivity contribution in [1.29, 1.82) is 0 Å². The molecular weight excluding hydrogens is 235 g/mol. The monoisotopic (exact) mass is 248 g/mol. The van der Waals surface area contributed by atoms with Crippen molar-refractivity contribution in [2.24, 2.45) is 0 Å². The van der Waals surface area contributed by atoms with Gasteiger partial charge in [0.25, 0.3) is 0 Å². The molecule has 1 atom stereocenters. The van der Waals surface area contributed by atoms with Gasteiger partial charge in [0.15, 0.2) is 0 Å². The molecule has 1 unspecified atom stereocenters. The van der Waals surface area contributed by atoms with Crippen molar-refractivity contribution in [2.75, 3.05) is 31.3 Å². The normalized spacial score (nSPS) is 12.5. The first-order valence-corrected chi connectivity index (χ1v) is 5.07. The van der Waals surface area contributed by atoms with Crippen molar-refractivity contribution in [3.63, 3.8) is 0 Å². The standard InChI is InChI=1S/C10H14ClFN2O2/c1-16-5-6(15)4-14-10-2-7(11)8(12)3-9(10)13/h2-3,6,14-15H,4-5,13H2,1H3. The van der Waals surface area contributed by atoms with Crippen molar-refractivity contribution in [1.82, 2.24) is 0 Å². The van der Waals surface area contributed by atoms with E-state index in [1.165, 1.54) is 13.2 Å². The number of hydrogen-bond acceptors (Lipinski definition) is 4. The third-order valence-electron chi connectivity index (χ3n) is 1.98. The van der Waals surface area contributed by atoms with E-state index >= 15 is 0 Å². The number of methoxy groups -OCH3 is 1. The molecule has 0 fully saturated rings. The summed E-state index contributed by atoms with van der Waals surface area (Å²) in [7, 11) is 1.49. The van der Waals surface area contributed by atoms with Crippen LogP contribution in [0.5, 0.6) is 0 Å². The van der Waals surface area contributed by atoms with Crippen LogP contribution in [0.15, 0.2) is 12.1 Å². The lowest BCUT2D eigenvalue weighted by Gasteiger charge is -2.13. The second-order valence-corrected chi connectivity index (χ2v) is 3.75. The first-order chi connectivity index (χ1) is 7.54. The molecule has 1 aromatic carbocycles. The summed E-state index contributed by atoms with van der Waals surface area (Å²) >= 11 is 5.60. The van der Waals surface area contributed by atoms with Crippen LogP contribution in [-0.2, 0) is 4.74 Å². The second-order valence-electron chi connectivity index (χ2n) is 3.34. The molecule has 0 spiro atoms. The molecule has 0 aliphatic carbocycles. The molecule has 1 rings (SSSR count). The topological polar surface area (TPSA) is 67.5 Å². The Labute approximate surface area is 98.2 Å². The van der Waals surface area contributed by atoms with Gasteiger partial charge < -0.3 is 20.9 Å². The van der Waals surface area contributed by atoms with Crippen LogP contribution in [0.3, 0.4) is 0 Å². The third kappa shape index (κ3) is 3.52. The average molecular weight is 249 g/mol. The smallest absolute Gasteiger partial charge is 0.143 e. The molecule has 16 heavy (non-hydrogen) atoms. The largest absolute Gasteiger partial charge is 0.397 e. The molecule has 0 saturated heterocycles. The molecule has 0 heterocycles. The van der Waals surface area contributed by atoms with Gasteiger partial charge in [0.1, 0.15) is 5.82 Å². The summed E-state index contributed by atoms with van der Waals surface area (Å²) in [5.74, 6) is -0.567. The highest BCUT2D eigenvalue weighted by Crippen LogP contribution is 2.26. The van der Waals surface area contributed by atoms with E-state index in [0.717, 1.165) is 6.07 Å². The van der Waals surface area contributed by atoms with Crippen molar-refractivity contribution < 1.29 is 14.2 Å². The fraction of sp³-hybridized carbons (Fsp3) is 0.400. The van der Waals surface area contributed by atoms with Gasteiger partial charge in [-0.1, -0.05) is 11.6 Å². The number of rotatable bonds is 5. The van der Waals surface area contributed by atoms with E-state index in [2.05, 4.69) is 5.32 Å². The average Bonchev–Trinajstić information content (AvgIpc) is 2.22. The van der Waals surface area contributed by atoms with Crippen LogP contribution in [0.4, 0.5) is 15.8 Å². The van der Waals surface area contributed by atoms with Crippen LogP contribution < -0.4 is 11.1 Å². The Bertz CT molecular complexity index is 363. The summed E-state index contributed by atoms with van der Waals surface area (Å²) in [6.45, 7) is 0.460. The molecule has 0 radical (unpaired) electrons. The lowest BCUT2D eigenvalue weighted by Crippen LogP contribution is -2.24. The SMILES string of the molecule is COCC(O)CNc1cc(Cl)c(F)cc1N. The van der Waals surface area contributed by atoms with E-state index in [-0.39, 0.29) is 23.9 Å². The molecule has 0 bridgehead atoms. The van der Waals surface area contributed by atoms with Crippen molar-refractivity contribution in [3.05, 3.63) is 23.0 Å². The summed E-state index contributed by atoms with van der Waals surface area (Å²) in [6, 6.07) is 2.51. The summed E-state index contributed by atoms with van der Waals surface area (Å²) in [6.07, 6.45) is -0.659. The Morgan fingerprint density at radius 2 is 2.31 bits per heavy atom. The zero-order valence-electron chi connectivity index (χ0n) is 8.84. The Hall–Kier alpha value is -1.04. The van der Waals surface area contributed by atoms with Crippen molar-refractivity contribution in [3.8, 4) is 0 Å². The number of halogens is 2. The Morgan fingerprint density at radius 3 is 2.94 bits per heavy atom. The number of aliphatic hydroxyl groups is 1. The van der Waals surface area contributed by atoms with E-state index in [4.69, 9.17) is 22.1 Å². The number of hydrogen-bond donors (Lipinski definition) is 3. The number of nitrogen functional groups attached to an aromatic ring is 1. The minimum atomic E-state index is -0.659. The van der Waals surface area contributed by atoms with Gasteiger partial charge in [-0.3, -0.25) is 0 Å². The maximum Gasteiger partial charge on any atom is 0.143 e. The fourth-order valence-corrected chi connectivity index (χ4v) is 1.36. The van der Waals surface area contributed by atoms with E-state index in [1.54, 1.807) is 0 Å². The van der Waals surface area contributed by atoms with E-state index < -0.39 is 11.9 Å². The van der Waals surface area contributed by atoms with Gasteiger partial charge in [-0.2, -0.15) is 0 Å². The predicted molar refractivity (Wildman–Crippen MR) is 62.2 cm³/mol. The molecule has 0 aliphatic rings. The number of anilines is 2. The molecule has 0 aliphatic heterocycles. The molecule has 0 amide bonds. The van der Waals surface area contributed by atoms with Crippen LogP contribution in [0.25, 0.3) is 0 Å². The van der Waals surface area contributed by atoms with Gasteiger partial charge in [0, 0.05) is 19.7 Å². The predicted octanol–water partition coefficient (Wildman–Crippen LogP) is 1.48. The van der Waals surface area contributed by atoms with Crippen LogP contribution in [0.2, 0.25) is 5.02 Å². The van der Waals surface area contributed by atoms with Crippen molar-refractivity contribution in [2.45, 2.75) is 6.10 Å². The zero-order chi connectivity index (χ0) is 12.1. The maximum absolute atomic E-state index is 13.0. The number of ether oxygens (including phenoxy) is 1. The fourth-order valence-electron chi connectivity index (χ4n) is 1.19. The summed E-state index contributed by atoms with van der Waals surface area (Å²) < 4.78 is 17.7. The third-order valence-corrected chi connectivity index (χ3v) is 2.27. The molecule has 90 valence electrons. The highest BCUT2D eigenvalue weighted by molar-refractivity contribution is 6.31. The van der Waals surface area contributed by atoms with Gasteiger partial charge in [-0.15, -0.1) is 0 Å².